The first-order valence-corrected chi connectivity index (χ1v) is 7.04. The second-order valence-electron chi connectivity index (χ2n) is 5.26. The van der Waals surface area contributed by atoms with E-state index >= 15 is 0 Å². The Bertz CT molecular complexity index is 295. The maximum absolute atomic E-state index is 5.84. The van der Waals surface area contributed by atoms with Crippen molar-refractivity contribution in [3.63, 3.8) is 0 Å². The van der Waals surface area contributed by atoms with Crippen molar-refractivity contribution in [2.75, 3.05) is 33.7 Å². The van der Waals surface area contributed by atoms with Crippen LogP contribution >= 0.6 is 0 Å². The first-order valence-electron chi connectivity index (χ1n) is 7.04. The van der Waals surface area contributed by atoms with Gasteiger partial charge in [0.15, 0.2) is 5.96 Å². The molecule has 18 heavy (non-hydrogen) atoms. The van der Waals surface area contributed by atoms with E-state index in [2.05, 4.69) is 34.5 Å². The second kappa shape index (κ2) is 6.38. The minimum atomic E-state index is 0.395. The molecule has 2 bridgehead atoms. The predicted molar refractivity (Wildman–Crippen MR) is 74.0 cm³/mol. The van der Waals surface area contributed by atoms with E-state index in [1.165, 1.54) is 12.8 Å². The van der Waals surface area contributed by atoms with Crippen LogP contribution in [0.1, 0.15) is 26.2 Å². The van der Waals surface area contributed by atoms with Crippen LogP contribution in [0.5, 0.6) is 0 Å². The quantitative estimate of drug-likeness (QED) is 0.551. The fourth-order valence-electron chi connectivity index (χ4n) is 2.68. The Kier molecular flexibility index (Phi) is 4.83. The molecule has 2 aliphatic rings. The van der Waals surface area contributed by atoms with Gasteiger partial charge < -0.3 is 20.3 Å². The molecule has 2 aliphatic heterocycles. The van der Waals surface area contributed by atoms with Gasteiger partial charge in [0, 0.05) is 20.1 Å². The molecule has 104 valence electrons. The Hall–Kier alpha value is -0.810. The van der Waals surface area contributed by atoms with Crippen LogP contribution in [0.15, 0.2) is 4.99 Å². The molecule has 5 heteroatoms. The third-order valence-corrected chi connectivity index (χ3v) is 3.98. The SMILES string of the molecule is CCN(C)CCNC(=NC)NC1CC2CCC1O2. The minimum absolute atomic E-state index is 0.395. The van der Waals surface area contributed by atoms with Gasteiger partial charge in [-0.05, 0) is 32.9 Å². The number of hydrogen-bond acceptors (Lipinski definition) is 3. The van der Waals surface area contributed by atoms with E-state index in [0.29, 0.717) is 18.2 Å². The van der Waals surface area contributed by atoms with Gasteiger partial charge in [-0.3, -0.25) is 4.99 Å². The Morgan fingerprint density at radius 3 is 2.83 bits per heavy atom. The average molecular weight is 254 g/mol. The predicted octanol–water partition coefficient (Wildman–Crippen LogP) is 0.423. The summed E-state index contributed by atoms with van der Waals surface area (Å²) in [6.45, 7) is 5.20. The van der Waals surface area contributed by atoms with Crippen molar-refractivity contribution in [2.24, 2.45) is 4.99 Å². The molecular weight excluding hydrogens is 228 g/mol. The fraction of sp³-hybridized carbons (Fsp3) is 0.923. The molecule has 0 aromatic carbocycles. The van der Waals surface area contributed by atoms with Gasteiger partial charge in [-0.15, -0.1) is 0 Å². The van der Waals surface area contributed by atoms with Crippen molar-refractivity contribution in [1.82, 2.24) is 15.5 Å². The van der Waals surface area contributed by atoms with E-state index in [1.54, 1.807) is 0 Å². The molecule has 0 aliphatic carbocycles. The number of ether oxygens (including phenoxy) is 1. The van der Waals surface area contributed by atoms with E-state index in [-0.39, 0.29) is 0 Å². The van der Waals surface area contributed by atoms with Crippen LogP contribution in [0, 0.1) is 0 Å². The molecule has 2 saturated heterocycles. The summed E-state index contributed by atoms with van der Waals surface area (Å²) >= 11 is 0. The zero-order valence-corrected chi connectivity index (χ0v) is 11.8. The molecule has 0 aromatic rings. The van der Waals surface area contributed by atoms with Gasteiger partial charge in [0.2, 0.25) is 0 Å². The molecule has 3 unspecified atom stereocenters. The van der Waals surface area contributed by atoms with Gasteiger partial charge in [0.1, 0.15) is 0 Å². The molecule has 2 rings (SSSR count). The molecule has 3 atom stereocenters. The lowest BCUT2D eigenvalue weighted by atomic mass is 9.96. The number of nitrogens with zero attached hydrogens (tertiary/aromatic N) is 2. The van der Waals surface area contributed by atoms with E-state index in [0.717, 1.165) is 32.0 Å². The van der Waals surface area contributed by atoms with Gasteiger partial charge in [-0.2, -0.15) is 0 Å². The summed E-state index contributed by atoms with van der Waals surface area (Å²) in [5.41, 5.74) is 0. The summed E-state index contributed by atoms with van der Waals surface area (Å²) in [4.78, 5) is 6.56. The minimum Gasteiger partial charge on any atom is -0.373 e. The van der Waals surface area contributed by atoms with Crippen LogP contribution in [0.25, 0.3) is 0 Å². The lowest BCUT2D eigenvalue weighted by Gasteiger charge is -2.23. The van der Waals surface area contributed by atoms with Crippen molar-refractivity contribution in [3.05, 3.63) is 0 Å². The van der Waals surface area contributed by atoms with Crippen molar-refractivity contribution >= 4 is 5.96 Å². The molecule has 0 saturated carbocycles. The summed E-state index contributed by atoms with van der Waals surface area (Å²) in [6.07, 6.45) is 4.43. The highest BCUT2D eigenvalue weighted by Crippen LogP contribution is 2.34. The van der Waals surface area contributed by atoms with Gasteiger partial charge in [-0.1, -0.05) is 6.92 Å². The van der Waals surface area contributed by atoms with Crippen LogP contribution < -0.4 is 10.6 Å². The Labute approximate surface area is 110 Å². The number of likely N-dealkylation sites (N-methyl/N-ethyl adjacent to an activating group) is 1. The molecule has 2 heterocycles. The number of guanidine groups is 1. The van der Waals surface area contributed by atoms with Gasteiger partial charge in [-0.25, -0.2) is 0 Å². The highest BCUT2D eigenvalue weighted by molar-refractivity contribution is 5.80. The smallest absolute Gasteiger partial charge is 0.191 e. The number of hydrogen-bond donors (Lipinski definition) is 2. The highest BCUT2D eigenvalue weighted by atomic mass is 16.5. The first-order chi connectivity index (χ1) is 8.72. The third-order valence-electron chi connectivity index (χ3n) is 3.98. The summed E-state index contributed by atoms with van der Waals surface area (Å²) in [7, 11) is 3.95. The van der Waals surface area contributed by atoms with Crippen molar-refractivity contribution in [2.45, 2.75) is 44.4 Å². The topological polar surface area (TPSA) is 48.9 Å². The zero-order valence-electron chi connectivity index (χ0n) is 11.8. The van der Waals surface area contributed by atoms with Crippen LogP contribution in [0.2, 0.25) is 0 Å². The monoisotopic (exact) mass is 254 g/mol. The molecule has 5 nitrogen and oxygen atoms in total. The van der Waals surface area contributed by atoms with Crippen molar-refractivity contribution < 1.29 is 4.74 Å². The largest absolute Gasteiger partial charge is 0.373 e. The summed E-state index contributed by atoms with van der Waals surface area (Å²) < 4.78 is 5.84. The van der Waals surface area contributed by atoms with E-state index in [9.17, 15) is 0 Å². The molecule has 0 spiro atoms. The van der Waals surface area contributed by atoms with Crippen LogP contribution in [-0.2, 0) is 4.74 Å². The molecule has 0 radical (unpaired) electrons. The summed E-state index contributed by atoms with van der Waals surface area (Å²) in [6, 6.07) is 0.443. The van der Waals surface area contributed by atoms with Crippen molar-refractivity contribution in [3.8, 4) is 0 Å². The first kappa shape index (κ1) is 13.6. The second-order valence-corrected chi connectivity index (χ2v) is 5.26. The van der Waals surface area contributed by atoms with Crippen molar-refractivity contribution in [1.29, 1.82) is 0 Å². The van der Waals surface area contributed by atoms with Gasteiger partial charge in [0.05, 0.1) is 18.2 Å². The average Bonchev–Trinajstić information content (AvgIpc) is 2.99. The van der Waals surface area contributed by atoms with Gasteiger partial charge in [0.25, 0.3) is 0 Å². The molecule has 0 aromatic heterocycles. The van der Waals surface area contributed by atoms with E-state index < -0.39 is 0 Å². The molecule has 0 amide bonds. The number of aliphatic imine (C=N–C) groups is 1. The lowest BCUT2D eigenvalue weighted by Crippen LogP contribution is -2.48. The summed E-state index contributed by atoms with van der Waals surface area (Å²) in [5.74, 6) is 0.903. The maximum atomic E-state index is 5.84. The molecule has 2 fully saturated rings. The van der Waals surface area contributed by atoms with Crippen LogP contribution in [-0.4, -0.2) is 62.8 Å². The Morgan fingerprint density at radius 1 is 1.44 bits per heavy atom. The number of rotatable bonds is 5. The molecular formula is C13H26N4O. The van der Waals surface area contributed by atoms with E-state index in [4.69, 9.17) is 4.74 Å². The number of fused-ring (bicyclic) bond motifs is 2. The van der Waals surface area contributed by atoms with Gasteiger partial charge >= 0.3 is 0 Å². The maximum Gasteiger partial charge on any atom is 0.191 e. The zero-order chi connectivity index (χ0) is 13.0. The summed E-state index contributed by atoms with van der Waals surface area (Å²) in [5, 5.41) is 6.85. The van der Waals surface area contributed by atoms with E-state index in [1.807, 2.05) is 7.05 Å². The van der Waals surface area contributed by atoms with Crippen LogP contribution in [0.4, 0.5) is 0 Å². The Morgan fingerprint density at radius 2 is 2.28 bits per heavy atom. The normalized spacial score (nSPS) is 31.1. The lowest BCUT2D eigenvalue weighted by molar-refractivity contribution is 0.0992. The van der Waals surface area contributed by atoms with Crippen LogP contribution in [0.3, 0.4) is 0 Å². The Balaban J connectivity index is 1.70. The fourth-order valence-corrected chi connectivity index (χ4v) is 2.68. The molecule has 2 N–H and O–H groups in total. The number of nitrogens with one attached hydrogen (secondary N) is 2. The standard InChI is InChI=1S/C13H26N4O/c1-4-17(3)8-7-15-13(14-2)16-11-9-10-5-6-12(11)18-10/h10-12H,4-9H2,1-3H3,(H2,14,15,16). The highest BCUT2D eigenvalue weighted by Gasteiger charge is 2.40. The third kappa shape index (κ3) is 3.36.